The number of rotatable bonds is 2. The normalized spacial score (nSPS) is 10.7. The van der Waals surface area contributed by atoms with Crippen molar-refractivity contribution < 1.29 is 0 Å². The summed E-state index contributed by atoms with van der Waals surface area (Å²) < 4.78 is 0. The minimum absolute atomic E-state index is 0.938. The van der Waals surface area contributed by atoms with Gasteiger partial charge >= 0.3 is 0 Å². The molecule has 0 amide bonds. The van der Waals surface area contributed by atoms with E-state index in [1.54, 1.807) is 12.4 Å². The molecule has 2 heteroatoms. The van der Waals surface area contributed by atoms with Gasteiger partial charge in [0.25, 0.3) is 0 Å². The fourth-order valence-corrected chi connectivity index (χ4v) is 0.947. The van der Waals surface area contributed by atoms with Crippen LogP contribution in [0.3, 0.4) is 0 Å². The summed E-state index contributed by atoms with van der Waals surface area (Å²) in [6.45, 7) is 4.06. The molecule has 0 N–H and O–H groups in total. The smallest absolute Gasteiger partial charge is 0.0841 e. The summed E-state index contributed by atoms with van der Waals surface area (Å²) in [6, 6.07) is 0. The number of hydrogen-bond acceptors (Lipinski definition) is 2. The van der Waals surface area contributed by atoms with E-state index in [-0.39, 0.29) is 0 Å². The van der Waals surface area contributed by atoms with Crippen molar-refractivity contribution in [2.24, 2.45) is 0 Å². The van der Waals surface area contributed by atoms with Crippen LogP contribution in [0.5, 0.6) is 0 Å². The molecule has 1 aromatic heterocycles. The predicted octanol–water partition coefficient (Wildman–Crippen LogP) is 2.07. The Morgan fingerprint density at radius 2 is 2.09 bits per heavy atom. The lowest BCUT2D eigenvalue weighted by atomic mass is 10.2. The van der Waals surface area contributed by atoms with Crippen LogP contribution in [0.25, 0.3) is 6.08 Å². The molecular weight excluding hydrogens is 136 g/mol. The van der Waals surface area contributed by atoms with Gasteiger partial charge in [0.15, 0.2) is 0 Å². The maximum atomic E-state index is 4.20. The average Bonchev–Trinajstić information content (AvgIpc) is 2.06. The molecule has 2 nitrogen and oxygen atoms in total. The second-order valence-corrected chi connectivity index (χ2v) is 2.24. The van der Waals surface area contributed by atoms with Gasteiger partial charge in [0, 0.05) is 12.4 Å². The Labute approximate surface area is 67.0 Å². The molecule has 1 rings (SSSR count). The Kier molecular flexibility index (Phi) is 2.78. The van der Waals surface area contributed by atoms with E-state index in [9.17, 15) is 0 Å². The second kappa shape index (κ2) is 3.86. The lowest BCUT2D eigenvalue weighted by molar-refractivity contribution is 0.988. The van der Waals surface area contributed by atoms with Crippen LogP contribution in [0, 0.1) is 0 Å². The van der Waals surface area contributed by atoms with Crippen LogP contribution in [0.2, 0.25) is 0 Å². The SMILES string of the molecule is CC=Cc1nccnc1CC. The summed E-state index contributed by atoms with van der Waals surface area (Å²) in [5, 5.41) is 0. The van der Waals surface area contributed by atoms with E-state index in [0.29, 0.717) is 0 Å². The summed E-state index contributed by atoms with van der Waals surface area (Å²) >= 11 is 0. The fraction of sp³-hybridized carbons (Fsp3) is 0.333. The van der Waals surface area contributed by atoms with Crippen LogP contribution in [0.15, 0.2) is 18.5 Å². The van der Waals surface area contributed by atoms with Crippen molar-refractivity contribution in [1.82, 2.24) is 9.97 Å². The van der Waals surface area contributed by atoms with Gasteiger partial charge < -0.3 is 0 Å². The van der Waals surface area contributed by atoms with Gasteiger partial charge in [-0.25, -0.2) is 0 Å². The van der Waals surface area contributed by atoms with Gasteiger partial charge in [-0.3, -0.25) is 9.97 Å². The lowest BCUT2D eigenvalue weighted by Crippen LogP contribution is -1.93. The molecular formula is C9H12N2. The highest BCUT2D eigenvalue weighted by atomic mass is 14.8. The van der Waals surface area contributed by atoms with Crippen LogP contribution in [-0.4, -0.2) is 9.97 Å². The average molecular weight is 148 g/mol. The monoisotopic (exact) mass is 148 g/mol. The minimum atomic E-state index is 0.938. The van der Waals surface area contributed by atoms with Gasteiger partial charge in [-0.05, 0) is 19.4 Å². The molecule has 0 unspecified atom stereocenters. The zero-order valence-electron chi connectivity index (χ0n) is 6.91. The minimum Gasteiger partial charge on any atom is -0.257 e. The summed E-state index contributed by atoms with van der Waals surface area (Å²) in [5.74, 6) is 0. The zero-order chi connectivity index (χ0) is 8.10. The topological polar surface area (TPSA) is 25.8 Å². The highest BCUT2D eigenvalue weighted by Crippen LogP contribution is 2.03. The summed E-state index contributed by atoms with van der Waals surface area (Å²) in [5.41, 5.74) is 2.04. The van der Waals surface area contributed by atoms with Gasteiger partial charge in [0.1, 0.15) is 0 Å². The Bertz CT molecular complexity index is 253. The highest BCUT2D eigenvalue weighted by molar-refractivity contribution is 5.46. The fourth-order valence-electron chi connectivity index (χ4n) is 0.947. The van der Waals surface area contributed by atoms with Crippen LogP contribution in [-0.2, 0) is 6.42 Å². The van der Waals surface area contributed by atoms with E-state index >= 15 is 0 Å². The number of hydrogen-bond donors (Lipinski definition) is 0. The van der Waals surface area contributed by atoms with Crippen molar-refractivity contribution in [3.05, 3.63) is 29.9 Å². The molecule has 1 heterocycles. The second-order valence-electron chi connectivity index (χ2n) is 2.24. The number of allylic oxidation sites excluding steroid dienone is 1. The largest absolute Gasteiger partial charge is 0.257 e. The van der Waals surface area contributed by atoms with Gasteiger partial charge in [0.05, 0.1) is 11.4 Å². The molecule has 0 fully saturated rings. The Balaban J connectivity index is 3.02. The van der Waals surface area contributed by atoms with E-state index in [4.69, 9.17) is 0 Å². The summed E-state index contributed by atoms with van der Waals surface area (Å²) in [6.07, 6.45) is 8.34. The van der Waals surface area contributed by atoms with Crippen LogP contribution in [0.4, 0.5) is 0 Å². The number of nitrogens with zero attached hydrogens (tertiary/aromatic N) is 2. The maximum absolute atomic E-state index is 4.20. The molecule has 0 aliphatic rings. The van der Waals surface area contributed by atoms with Crippen molar-refractivity contribution >= 4 is 6.08 Å². The Morgan fingerprint density at radius 3 is 2.73 bits per heavy atom. The molecule has 0 saturated carbocycles. The first-order valence-corrected chi connectivity index (χ1v) is 3.81. The first kappa shape index (κ1) is 7.92. The van der Waals surface area contributed by atoms with E-state index in [1.165, 1.54) is 0 Å². The summed E-state index contributed by atoms with van der Waals surface area (Å²) in [7, 11) is 0. The molecule has 0 spiro atoms. The molecule has 0 saturated heterocycles. The molecule has 11 heavy (non-hydrogen) atoms. The van der Waals surface area contributed by atoms with E-state index in [2.05, 4.69) is 16.9 Å². The third-order valence-corrected chi connectivity index (χ3v) is 1.47. The quantitative estimate of drug-likeness (QED) is 0.641. The highest BCUT2D eigenvalue weighted by Gasteiger charge is 1.96. The van der Waals surface area contributed by atoms with Crippen molar-refractivity contribution in [2.45, 2.75) is 20.3 Å². The summed E-state index contributed by atoms with van der Waals surface area (Å²) in [4.78, 5) is 8.39. The predicted molar refractivity (Wildman–Crippen MR) is 46.1 cm³/mol. The molecule has 58 valence electrons. The van der Waals surface area contributed by atoms with Crippen LogP contribution in [0.1, 0.15) is 25.2 Å². The van der Waals surface area contributed by atoms with Crippen molar-refractivity contribution in [1.29, 1.82) is 0 Å². The van der Waals surface area contributed by atoms with Gasteiger partial charge in [-0.2, -0.15) is 0 Å². The van der Waals surface area contributed by atoms with E-state index in [0.717, 1.165) is 17.8 Å². The molecule has 0 aliphatic carbocycles. The standard InChI is InChI=1S/C9H12N2/c1-3-5-9-8(4-2)10-6-7-11-9/h3,5-7H,4H2,1-2H3. The maximum Gasteiger partial charge on any atom is 0.0841 e. The third kappa shape index (κ3) is 1.87. The lowest BCUT2D eigenvalue weighted by Gasteiger charge is -1.98. The third-order valence-electron chi connectivity index (χ3n) is 1.47. The zero-order valence-corrected chi connectivity index (χ0v) is 6.91. The molecule has 0 aliphatic heterocycles. The van der Waals surface area contributed by atoms with E-state index in [1.807, 2.05) is 19.1 Å². The van der Waals surface area contributed by atoms with Crippen molar-refractivity contribution in [2.75, 3.05) is 0 Å². The van der Waals surface area contributed by atoms with E-state index < -0.39 is 0 Å². The molecule has 0 atom stereocenters. The van der Waals surface area contributed by atoms with Crippen molar-refractivity contribution in [3.8, 4) is 0 Å². The first-order valence-electron chi connectivity index (χ1n) is 3.81. The number of aryl methyl sites for hydroxylation is 1. The Hall–Kier alpha value is -1.18. The van der Waals surface area contributed by atoms with Gasteiger partial charge in [-0.15, -0.1) is 0 Å². The number of aromatic nitrogens is 2. The van der Waals surface area contributed by atoms with Crippen molar-refractivity contribution in [3.63, 3.8) is 0 Å². The van der Waals surface area contributed by atoms with Gasteiger partial charge in [-0.1, -0.05) is 13.0 Å². The molecule has 0 bridgehead atoms. The first-order chi connectivity index (χ1) is 5.38. The molecule has 1 aromatic rings. The molecule has 0 radical (unpaired) electrons. The van der Waals surface area contributed by atoms with Crippen LogP contribution < -0.4 is 0 Å². The molecule has 0 aromatic carbocycles. The van der Waals surface area contributed by atoms with Crippen LogP contribution >= 0.6 is 0 Å². The Morgan fingerprint density at radius 1 is 1.36 bits per heavy atom. The van der Waals surface area contributed by atoms with Gasteiger partial charge in [0.2, 0.25) is 0 Å².